The van der Waals surface area contributed by atoms with Crippen LogP contribution in [0.5, 0.6) is 0 Å². The van der Waals surface area contributed by atoms with Crippen molar-refractivity contribution in [1.29, 1.82) is 0 Å². The molecule has 0 aromatic carbocycles. The molecule has 1 aliphatic heterocycles. The second-order valence-electron chi connectivity index (χ2n) is 3.81. The van der Waals surface area contributed by atoms with E-state index in [1.165, 1.54) is 7.11 Å². The van der Waals surface area contributed by atoms with Gasteiger partial charge in [0.1, 0.15) is 12.1 Å². The molecule has 2 atom stereocenters. The lowest BCUT2D eigenvalue weighted by atomic mass is 10.1. The van der Waals surface area contributed by atoms with Crippen molar-refractivity contribution in [3.8, 4) is 0 Å². The summed E-state index contributed by atoms with van der Waals surface area (Å²) in [6.45, 7) is 0. The van der Waals surface area contributed by atoms with Crippen molar-refractivity contribution in [3.63, 3.8) is 0 Å². The molecule has 2 unspecified atom stereocenters. The third-order valence-electron chi connectivity index (χ3n) is 2.47. The molecule has 0 aromatic heterocycles. The summed E-state index contributed by atoms with van der Waals surface area (Å²) in [4.78, 5) is 44.5. The number of aliphatic carboxylic acids is 1. The predicted molar refractivity (Wildman–Crippen MR) is 65.6 cm³/mol. The molecule has 0 aromatic rings. The first-order valence-electron chi connectivity index (χ1n) is 5.47. The molecular weight excluding hydrogens is 276 g/mol. The van der Waals surface area contributed by atoms with Crippen LogP contribution in [0.25, 0.3) is 0 Å². The lowest BCUT2D eigenvalue weighted by molar-refractivity contribution is -0.144. The Morgan fingerprint density at radius 1 is 1.58 bits per heavy atom. The summed E-state index contributed by atoms with van der Waals surface area (Å²) < 4.78 is 4.39. The first kappa shape index (κ1) is 15.3. The number of methoxy groups -OCH3 is 1. The number of carbonyl (C=O) groups is 4. The summed E-state index contributed by atoms with van der Waals surface area (Å²) in [6, 6.07) is -1.92. The van der Waals surface area contributed by atoms with Gasteiger partial charge in [-0.15, -0.1) is 0 Å². The molecule has 0 radical (unpaired) electrons. The van der Waals surface area contributed by atoms with Crippen molar-refractivity contribution in [2.75, 3.05) is 12.9 Å². The van der Waals surface area contributed by atoms with Gasteiger partial charge in [-0.1, -0.05) is 11.8 Å². The SMILES string of the molecule is COC(=O)CCC(NC(=O)C1CSC(=O)N1)C(=O)O. The van der Waals surface area contributed by atoms with Crippen molar-refractivity contribution < 1.29 is 29.0 Å². The number of amides is 2. The largest absolute Gasteiger partial charge is 0.480 e. The summed E-state index contributed by atoms with van der Waals surface area (Å²) in [5.41, 5.74) is 0. The van der Waals surface area contributed by atoms with E-state index >= 15 is 0 Å². The standard InChI is InChI=1S/C10H14N2O6S/c1-18-7(13)3-2-5(9(15)16)11-8(14)6-4-19-10(17)12-6/h5-6H,2-4H2,1H3,(H,11,14)(H,12,17)(H,15,16). The van der Waals surface area contributed by atoms with E-state index in [1.807, 2.05) is 0 Å². The maximum absolute atomic E-state index is 11.7. The highest BCUT2D eigenvalue weighted by molar-refractivity contribution is 8.14. The van der Waals surface area contributed by atoms with Crippen LogP contribution in [0, 0.1) is 0 Å². The number of rotatable bonds is 6. The highest BCUT2D eigenvalue weighted by Gasteiger charge is 2.31. The number of carboxylic acid groups (broad SMARTS) is 1. The Labute approximate surface area is 113 Å². The molecule has 0 aliphatic carbocycles. The molecule has 1 saturated heterocycles. The Kier molecular flexibility index (Phi) is 5.61. The van der Waals surface area contributed by atoms with E-state index in [2.05, 4.69) is 15.4 Å². The number of carbonyl (C=O) groups excluding carboxylic acids is 3. The molecule has 2 amide bonds. The van der Waals surface area contributed by atoms with E-state index in [9.17, 15) is 19.2 Å². The Hall–Kier alpha value is -1.77. The lowest BCUT2D eigenvalue weighted by Gasteiger charge is -2.16. The zero-order valence-corrected chi connectivity index (χ0v) is 11.0. The van der Waals surface area contributed by atoms with Gasteiger partial charge in [-0.2, -0.15) is 0 Å². The number of carboxylic acids is 1. The fourth-order valence-corrected chi connectivity index (χ4v) is 2.20. The molecule has 3 N–H and O–H groups in total. The summed E-state index contributed by atoms with van der Waals surface area (Å²) in [5.74, 6) is -2.11. The molecule has 19 heavy (non-hydrogen) atoms. The van der Waals surface area contributed by atoms with E-state index < -0.39 is 29.9 Å². The molecule has 9 heteroatoms. The molecule has 0 spiro atoms. The normalized spacial score (nSPS) is 19.4. The third kappa shape index (κ3) is 4.78. The Balaban J connectivity index is 2.48. The minimum Gasteiger partial charge on any atom is -0.480 e. The molecule has 1 rings (SSSR count). The third-order valence-corrected chi connectivity index (χ3v) is 3.35. The van der Waals surface area contributed by atoms with Gasteiger partial charge >= 0.3 is 11.9 Å². The van der Waals surface area contributed by atoms with E-state index in [0.717, 1.165) is 11.8 Å². The average molecular weight is 290 g/mol. The topological polar surface area (TPSA) is 122 Å². The van der Waals surface area contributed by atoms with Gasteiger partial charge in [0.2, 0.25) is 5.91 Å². The number of thioether (sulfide) groups is 1. The predicted octanol–water partition coefficient (Wildman–Crippen LogP) is -0.666. The highest BCUT2D eigenvalue weighted by atomic mass is 32.2. The highest BCUT2D eigenvalue weighted by Crippen LogP contribution is 2.13. The zero-order chi connectivity index (χ0) is 14.4. The van der Waals surface area contributed by atoms with Crippen LogP contribution in [-0.4, -0.2) is 53.1 Å². The fraction of sp³-hybridized carbons (Fsp3) is 0.600. The number of nitrogens with one attached hydrogen (secondary N) is 2. The lowest BCUT2D eigenvalue weighted by Crippen LogP contribution is -2.49. The van der Waals surface area contributed by atoms with Crippen LogP contribution in [0.3, 0.4) is 0 Å². The number of hydrogen-bond donors (Lipinski definition) is 3. The summed E-state index contributed by atoms with van der Waals surface area (Å²) >= 11 is 0.959. The second-order valence-corrected chi connectivity index (χ2v) is 4.80. The average Bonchev–Trinajstić information content (AvgIpc) is 2.80. The molecule has 0 bridgehead atoms. The molecule has 8 nitrogen and oxygen atoms in total. The maximum atomic E-state index is 11.7. The van der Waals surface area contributed by atoms with Gasteiger partial charge in [0.15, 0.2) is 0 Å². The number of esters is 1. The van der Waals surface area contributed by atoms with Gasteiger partial charge < -0.3 is 20.5 Å². The van der Waals surface area contributed by atoms with Gasteiger partial charge in [0.25, 0.3) is 5.24 Å². The molecule has 1 fully saturated rings. The van der Waals surface area contributed by atoms with Crippen LogP contribution >= 0.6 is 11.8 Å². The Morgan fingerprint density at radius 2 is 2.26 bits per heavy atom. The maximum Gasteiger partial charge on any atom is 0.326 e. The smallest absolute Gasteiger partial charge is 0.326 e. The number of ether oxygens (including phenoxy) is 1. The minimum atomic E-state index is -1.24. The van der Waals surface area contributed by atoms with Crippen LogP contribution < -0.4 is 10.6 Å². The van der Waals surface area contributed by atoms with Gasteiger partial charge in [-0.3, -0.25) is 14.4 Å². The Bertz CT molecular complexity index is 399. The van der Waals surface area contributed by atoms with Gasteiger partial charge in [0.05, 0.1) is 7.11 Å². The minimum absolute atomic E-state index is 0.0679. The second kappa shape index (κ2) is 6.98. The molecule has 106 valence electrons. The molecule has 1 heterocycles. The van der Waals surface area contributed by atoms with E-state index in [1.54, 1.807) is 0 Å². The van der Waals surface area contributed by atoms with Crippen molar-refractivity contribution in [3.05, 3.63) is 0 Å². The Morgan fingerprint density at radius 3 is 2.74 bits per heavy atom. The quantitative estimate of drug-likeness (QED) is 0.555. The van der Waals surface area contributed by atoms with Gasteiger partial charge in [-0.05, 0) is 6.42 Å². The monoisotopic (exact) mass is 290 g/mol. The van der Waals surface area contributed by atoms with Gasteiger partial charge in [0, 0.05) is 12.2 Å². The first-order chi connectivity index (χ1) is 8.93. The van der Waals surface area contributed by atoms with Crippen molar-refractivity contribution in [1.82, 2.24) is 10.6 Å². The van der Waals surface area contributed by atoms with Gasteiger partial charge in [-0.25, -0.2) is 4.79 Å². The zero-order valence-electron chi connectivity index (χ0n) is 10.2. The van der Waals surface area contributed by atoms with Crippen LogP contribution in [0.15, 0.2) is 0 Å². The van der Waals surface area contributed by atoms with Crippen molar-refractivity contribution >= 4 is 34.8 Å². The van der Waals surface area contributed by atoms with E-state index in [4.69, 9.17) is 5.11 Å². The molecular formula is C10H14N2O6S. The fourth-order valence-electron chi connectivity index (χ4n) is 1.42. The van der Waals surface area contributed by atoms with E-state index in [-0.39, 0.29) is 23.8 Å². The molecule has 1 aliphatic rings. The number of hydrogen-bond acceptors (Lipinski definition) is 6. The van der Waals surface area contributed by atoms with Crippen molar-refractivity contribution in [2.24, 2.45) is 0 Å². The van der Waals surface area contributed by atoms with Crippen LogP contribution in [0.4, 0.5) is 4.79 Å². The van der Waals surface area contributed by atoms with Crippen LogP contribution in [0.2, 0.25) is 0 Å². The molecule has 0 saturated carbocycles. The van der Waals surface area contributed by atoms with Crippen LogP contribution in [-0.2, 0) is 19.1 Å². The first-order valence-corrected chi connectivity index (χ1v) is 6.46. The summed E-state index contributed by atoms with van der Waals surface area (Å²) in [5, 5.41) is 13.3. The summed E-state index contributed by atoms with van der Waals surface area (Å²) in [7, 11) is 1.20. The summed E-state index contributed by atoms with van der Waals surface area (Å²) in [6.07, 6.45) is -0.179. The van der Waals surface area contributed by atoms with E-state index in [0.29, 0.717) is 0 Å². The van der Waals surface area contributed by atoms with Crippen LogP contribution in [0.1, 0.15) is 12.8 Å². The van der Waals surface area contributed by atoms with Crippen molar-refractivity contribution in [2.45, 2.75) is 24.9 Å².